The molecular weight excluding hydrogens is 393 g/mol. The molecule has 0 bridgehead atoms. The molecular formula is C21H27ClFN5O. The molecule has 2 aliphatic rings. The molecule has 29 heavy (non-hydrogen) atoms. The van der Waals surface area contributed by atoms with Gasteiger partial charge in [-0.1, -0.05) is 17.7 Å². The van der Waals surface area contributed by atoms with Gasteiger partial charge in [-0.3, -0.25) is 4.90 Å². The van der Waals surface area contributed by atoms with E-state index < -0.39 is 0 Å². The van der Waals surface area contributed by atoms with Crippen LogP contribution in [0, 0.1) is 11.7 Å². The molecule has 2 fully saturated rings. The highest BCUT2D eigenvalue weighted by atomic mass is 35.5. The number of aliphatic hydroxyl groups excluding tert-OH is 1. The van der Waals surface area contributed by atoms with E-state index in [-0.39, 0.29) is 29.5 Å². The van der Waals surface area contributed by atoms with Gasteiger partial charge < -0.3 is 15.3 Å². The molecule has 4 rings (SSSR count). The Morgan fingerprint density at radius 2 is 2.10 bits per heavy atom. The minimum atomic E-state index is -0.374. The van der Waals surface area contributed by atoms with Crippen LogP contribution in [0.2, 0.25) is 5.02 Å². The second kappa shape index (κ2) is 8.81. The molecule has 2 aliphatic heterocycles. The molecule has 8 heteroatoms. The van der Waals surface area contributed by atoms with Crippen LogP contribution in [0.25, 0.3) is 0 Å². The number of nitrogens with zero attached hydrogens (tertiary/aromatic N) is 4. The van der Waals surface area contributed by atoms with Crippen molar-refractivity contribution in [2.45, 2.75) is 31.3 Å². The number of hydrogen-bond acceptors (Lipinski definition) is 6. The standard InChI is InChI=1S/C21H27ClFN5O/c1-27-8-6-15(21(27)14-4-5-17(22)18(23)9-14)11-24-19-10-20(26-13-25-19)28-7-2-3-16(28)12-29/h4-5,9-10,13,15-16,21,29H,2-3,6-8,11-12H2,1H3,(H,24,25,26). The summed E-state index contributed by atoms with van der Waals surface area (Å²) in [5, 5.41) is 13.2. The van der Waals surface area contributed by atoms with Crippen molar-refractivity contribution in [1.82, 2.24) is 14.9 Å². The first-order valence-corrected chi connectivity index (χ1v) is 10.5. The van der Waals surface area contributed by atoms with E-state index in [0.29, 0.717) is 5.92 Å². The Kier molecular flexibility index (Phi) is 6.18. The topological polar surface area (TPSA) is 64.5 Å². The molecule has 156 valence electrons. The van der Waals surface area contributed by atoms with E-state index in [1.54, 1.807) is 18.5 Å². The summed E-state index contributed by atoms with van der Waals surface area (Å²) in [4.78, 5) is 13.2. The highest BCUT2D eigenvalue weighted by Gasteiger charge is 2.33. The second-order valence-electron chi connectivity index (χ2n) is 7.96. The summed E-state index contributed by atoms with van der Waals surface area (Å²) in [6.07, 6.45) is 4.63. The van der Waals surface area contributed by atoms with Crippen molar-refractivity contribution in [3.63, 3.8) is 0 Å². The number of aromatic nitrogens is 2. The molecule has 0 radical (unpaired) electrons. The third-order valence-corrected chi connectivity index (χ3v) is 6.45. The Morgan fingerprint density at radius 1 is 1.24 bits per heavy atom. The first kappa shape index (κ1) is 20.3. The van der Waals surface area contributed by atoms with Crippen molar-refractivity contribution < 1.29 is 9.50 Å². The Bertz CT molecular complexity index is 854. The molecule has 2 N–H and O–H groups in total. The summed E-state index contributed by atoms with van der Waals surface area (Å²) in [5.41, 5.74) is 0.949. The van der Waals surface area contributed by atoms with Crippen molar-refractivity contribution in [1.29, 1.82) is 0 Å². The van der Waals surface area contributed by atoms with Gasteiger partial charge in [-0.2, -0.15) is 0 Å². The van der Waals surface area contributed by atoms with Gasteiger partial charge >= 0.3 is 0 Å². The lowest BCUT2D eigenvalue weighted by atomic mass is 9.93. The van der Waals surface area contributed by atoms with Gasteiger partial charge in [0.05, 0.1) is 17.7 Å². The SMILES string of the molecule is CN1CCC(CNc2cc(N3CCCC3CO)ncn2)C1c1ccc(Cl)c(F)c1. The van der Waals surface area contributed by atoms with Gasteiger partial charge in [0.2, 0.25) is 0 Å². The molecule has 2 saturated heterocycles. The molecule has 0 aliphatic carbocycles. The predicted octanol–water partition coefficient (Wildman–Crippen LogP) is 3.34. The monoisotopic (exact) mass is 419 g/mol. The Balaban J connectivity index is 1.45. The lowest BCUT2D eigenvalue weighted by Crippen LogP contribution is -2.32. The van der Waals surface area contributed by atoms with Gasteiger partial charge in [-0.05, 0) is 56.5 Å². The molecule has 3 heterocycles. The zero-order valence-corrected chi connectivity index (χ0v) is 17.3. The van der Waals surface area contributed by atoms with Crippen LogP contribution in [-0.2, 0) is 0 Å². The molecule has 3 unspecified atom stereocenters. The molecule has 0 saturated carbocycles. The summed E-state index contributed by atoms with van der Waals surface area (Å²) in [6, 6.07) is 7.30. The van der Waals surface area contributed by atoms with Crippen LogP contribution in [0.4, 0.5) is 16.0 Å². The zero-order chi connectivity index (χ0) is 20.4. The fourth-order valence-electron chi connectivity index (χ4n) is 4.63. The van der Waals surface area contributed by atoms with Crippen molar-refractivity contribution >= 4 is 23.2 Å². The van der Waals surface area contributed by atoms with E-state index in [4.69, 9.17) is 11.6 Å². The largest absolute Gasteiger partial charge is 0.394 e. The van der Waals surface area contributed by atoms with Crippen LogP contribution in [0.15, 0.2) is 30.6 Å². The number of anilines is 2. The first-order chi connectivity index (χ1) is 14.1. The van der Waals surface area contributed by atoms with Crippen LogP contribution in [-0.4, -0.2) is 59.3 Å². The van der Waals surface area contributed by atoms with Gasteiger partial charge in [0.25, 0.3) is 0 Å². The fourth-order valence-corrected chi connectivity index (χ4v) is 4.74. The van der Waals surface area contributed by atoms with Crippen LogP contribution >= 0.6 is 11.6 Å². The van der Waals surface area contributed by atoms with Gasteiger partial charge in [-0.15, -0.1) is 0 Å². The molecule has 6 nitrogen and oxygen atoms in total. The summed E-state index contributed by atoms with van der Waals surface area (Å²) >= 11 is 5.86. The highest BCUT2D eigenvalue weighted by molar-refractivity contribution is 6.30. The minimum Gasteiger partial charge on any atom is -0.394 e. The van der Waals surface area contributed by atoms with Crippen molar-refractivity contribution in [2.24, 2.45) is 5.92 Å². The van der Waals surface area contributed by atoms with Crippen LogP contribution in [0.3, 0.4) is 0 Å². The quantitative estimate of drug-likeness (QED) is 0.748. The number of benzene rings is 1. The van der Waals surface area contributed by atoms with Gasteiger partial charge in [0, 0.05) is 25.2 Å². The van der Waals surface area contributed by atoms with E-state index in [1.165, 1.54) is 0 Å². The fraction of sp³-hybridized carbons (Fsp3) is 0.524. The van der Waals surface area contributed by atoms with E-state index in [2.05, 4.69) is 32.1 Å². The Labute approximate surface area is 175 Å². The second-order valence-corrected chi connectivity index (χ2v) is 8.37. The highest BCUT2D eigenvalue weighted by Crippen LogP contribution is 2.37. The zero-order valence-electron chi connectivity index (χ0n) is 16.6. The predicted molar refractivity (Wildman–Crippen MR) is 113 cm³/mol. The third-order valence-electron chi connectivity index (χ3n) is 6.14. The molecule has 2 aromatic rings. The molecule has 1 aromatic heterocycles. The van der Waals surface area contributed by atoms with Crippen LogP contribution in [0.5, 0.6) is 0 Å². The van der Waals surface area contributed by atoms with Gasteiger partial charge in [-0.25, -0.2) is 14.4 Å². The van der Waals surface area contributed by atoms with Crippen molar-refractivity contribution in [2.75, 3.05) is 43.5 Å². The first-order valence-electron chi connectivity index (χ1n) is 10.2. The third kappa shape index (κ3) is 4.32. The maximum atomic E-state index is 14.0. The van der Waals surface area contributed by atoms with E-state index in [0.717, 1.165) is 56.1 Å². The maximum Gasteiger partial charge on any atom is 0.142 e. The molecule has 3 atom stereocenters. The molecule has 1 aromatic carbocycles. The number of halogens is 2. The van der Waals surface area contributed by atoms with E-state index >= 15 is 0 Å². The summed E-state index contributed by atoms with van der Waals surface area (Å²) in [7, 11) is 2.07. The smallest absolute Gasteiger partial charge is 0.142 e. The number of nitrogens with one attached hydrogen (secondary N) is 1. The maximum absolute atomic E-state index is 14.0. The average Bonchev–Trinajstić information content (AvgIpc) is 3.35. The number of likely N-dealkylation sites (tertiary alicyclic amines) is 1. The number of hydrogen-bond donors (Lipinski definition) is 2. The van der Waals surface area contributed by atoms with Gasteiger partial charge in [0.15, 0.2) is 0 Å². The van der Waals surface area contributed by atoms with Crippen LogP contribution < -0.4 is 10.2 Å². The molecule has 0 amide bonds. The summed E-state index contributed by atoms with van der Waals surface area (Å²) < 4.78 is 14.0. The summed E-state index contributed by atoms with van der Waals surface area (Å²) in [6.45, 7) is 2.74. The average molecular weight is 420 g/mol. The van der Waals surface area contributed by atoms with Gasteiger partial charge in [0.1, 0.15) is 23.8 Å². The van der Waals surface area contributed by atoms with E-state index in [1.807, 2.05) is 12.1 Å². The summed E-state index contributed by atoms with van der Waals surface area (Å²) in [5.74, 6) is 1.57. The van der Waals surface area contributed by atoms with Crippen LogP contribution in [0.1, 0.15) is 30.9 Å². The van der Waals surface area contributed by atoms with Crippen molar-refractivity contribution in [3.8, 4) is 0 Å². The van der Waals surface area contributed by atoms with E-state index in [9.17, 15) is 9.50 Å². The Hall–Kier alpha value is -1.96. The molecule has 0 spiro atoms. The van der Waals surface area contributed by atoms with Crippen molar-refractivity contribution in [3.05, 3.63) is 47.0 Å². The number of rotatable bonds is 6. The normalized spacial score (nSPS) is 25.0. The Morgan fingerprint density at radius 3 is 2.90 bits per heavy atom. The lowest BCUT2D eigenvalue weighted by molar-refractivity contribution is 0.266. The number of aliphatic hydroxyl groups is 1. The lowest BCUT2D eigenvalue weighted by Gasteiger charge is -2.26. The minimum absolute atomic E-state index is 0.130.